The Kier molecular flexibility index (Phi) is 5.71. The lowest BCUT2D eigenvalue weighted by atomic mass is 9.99. The smallest absolute Gasteiger partial charge is 0.344 e. The summed E-state index contributed by atoms with van der Waals surface area (Å²) < 4.78 is 16.7. The second kappa shape index (κ2) is 8.42. The summed E-state index contributed by atoms with van der Waals surface area (Å²) in [6.07, 6.45) is 0. The number of aryl methyl sites for hydroxylation is 1. The molecule has 4 nitrogen and oxygen atoms in total. The van der Waals surface area contributed by atoms with Crippen LogP contribution >= 0.6 is 23.2 Å². The van der Waals surface area contributed by atoms with Gasteiger partial charge in [-0.05, 0) is 66.1 Å². The van der Waals surface area contributed by atoms with E-state index in [0.29, 0.717) is 33.5 Å². The van der Waals surface area contributed by atoms with Crippen LogP contribution in [0, 0.1) is 6.92 Å². The molecular formula is C24H18Cl2O4. The number of halogens is 2. The van der Waals surface area contributed by atoms with Crippen LogP contribution in [0.15, 0.2) is 69.9 Å². The molecule has 3 aromatic carbocycles. The Bertz CT molecular complexity index is 1280. The Morgan fingerprint density at radius 1 is 0.900 bits per heavy atom. The van der Waals surface area contributed by atoms with Gasteiger partial charge in [0, 0.05) is 5.39 Å². The fourth-order valence-corrected chi connectivity index (χ4v) is 3.63. The largest absolute Gasteiger partial charge is 0.497 e. The molecule has 0 aliphatic carbocycles. The molecule has 30 heavy (non-hydrogen) atoms. The van der Waals surface area contributed by atoms with Crippen molar-refractivity contribution in [1.29, 1.82) is 0 Å². The van der Waals surface area contributed by atoms with Gasteiger partial charge >= 0.3 is 5.63 Å². The van der Waals surface area contributed by atoms with Crippen molar-refractivity contribution in [2.45, 2.75) is 13.5 Å². The quantitative estimate of drug-likeness (QED) is 0.325. The maximum Gasteiger partial charge on any atom is 0.344 e. The van der Waals surface area contributed by atoms with Crippen LogP contribution in [0.2, 0.25) is 10.0 Å². The van der Waals surface area contributed by atoms with Gasteiger partial charge in [0.05, 0.1) is 22.7 Å². The van der Waals surface area contributed by atoms with Crippen molar-refractivity contribution in [1.82, 2.24) is 0 Å². The summed E-state index contributed by atoms with van der Waals surface area (Å²) >= 11 is 12.0. The summed E-state index contributed by atoms with van der Waals surface area (Å²) in [7, 11) is 1.60. The minimum Gasteiger partial charge on any atom is -0.497 e. The Morgan fingerprint density at radius 2 is 1.63 bits per heavy atom. The van der Waals surface area contributed by atoms with Gasteiger partial charge in [-0.15, -0.1) is 0 Å². The van der Waals surface area contributed by atoms with Crippen molar-refractivity contribution >= 4 is 34.2 Å². The van der Waals surface area contributed by atoms with Crippen LogP contribution in [0.3, 0.4) is 0 Å². The van der Waals surface area contributed by atoms with Gasteiger partial charge in [-0.3, -0.25) is 0 Å². The molecule has 0 aliphatic rings. The van der Waals surface area contributed by atoms with E-state index in [1.54, 1.807) is 31.4 Å². The third-order valence-electron chi connectivity index (χ3n) is 4.91. The molecule has 6 heteroatoms. The number of rotatable bonds is 5. The van der Waals surface area contributed by atoms with E-state index in [1.165, 1.54) is 0 Å². The average Bonchev–Trinajstić information content (AvgIpc) is 2.75. The third-order valence-corrected chi connectivity index (χ3v) is 5.64. The number of ether oxygens (including phenoxy) is 2. The maximum atomic E-state index is 12.6. The molecule has 0 aliphatic heterocycles. The van der Waals surface area contributed by atoms with Gasteiger partial charge in [0.15, 0.2) is 0 Å². The number of hydrogen-bond donors (Lipinski definition) is 0. The lowest BCUT2D eigenvalue weighted by Crippen LogP contribution is -2.06. The van der Waals surface area contributed by atoms with Crippen molar-refractivity contribution in [3.8, 4) is 22.6 Å². The van der Waals surface area contributed by atoms with Crippen LogP contribution in [-0.2, 0) is 6.61 Å². The van der Waals surface area contributed by atoms with Gasteiger partial charge in [-0.25, -0.2) is 4.79 Å². The molecule has 4 aromatic rings. The summed E-state index contributed by atoms with van der Waals surface area (Å²) in [6, 6.07) is 18.1. The predicted molar refractivity (Wildman–Crippen MR) is 120 cm³/mol. The number of hydrogen-bond acceptors (Lipinski definition) is 4. The van der Waals surface area contributed by atoms with Crippen LogP contribution in [0.5, 0.6) is 11.5 Å². The molecule has 0 N–H and O–H groups in total. The topological polar surface area (TPSA) is 48.7 Å². The minimum absolute atomic E-state index is 0.337. The van der Waals surface area contributed by atoms with Gasteiger partial charge in [0.25, 0.3) is 0 Å². The van der Waals surface area contributed by atoms with Gasteiger partial charge < -0.3 is 13.9 Å². The highest BCUT2D eigenvalue weighted by Gasteiger charge is 2.14. The Labute approximate surface area is 183 Å². The second-order valence-corrected chi connectivity index (χ2v) is 7.63. The molecule has 0 saturated heterocycles. The molecule has 0 atom stereocenters. The number of fused-ring (bicyclic) bond motifs is 1. The number of methoxy groups -OCH3 is 1. The molecule has 0 bridgehead atoms. The summed E-state index contributed by atoms with van der Waals surface area (Å²) in [5.74, 6) is 1.38. The first-order valence-corrected chi connectivity index (χ1v) is 10.0. The molecule has 0 amide bonds. The molecule has 0 spiro atoms. The average molecular weight is 441 g/mol. The van der Waals surface area contributed by atoms with E-state index < -0.39 is 0 Å². The van der Waals surface area contributed by atoms with E-state index in [-0.39, 0.29) is 5.63 Å². The van der Waals surface area contributed by atoms with Crippen LogP contribution in [0.1, 0.15) is 11.1 Å². The zero-order valence-electron chi connectivity index (χ0n) is 16.4. The standard InChI is InChI=1S/C24H18Cl2O4/c1-14-19-12-18(29-13-15-3-9-20(25)21(26)11-15)8-10-22(19)30-24(27)23(14)16-4-6-17(28-2)7-5-16/h3-12H,13H2,1-2H3. The summed E-state index contributed by atoms with van der Waals surface area (Å²) in [4.78, 5) is 12.6. The zero-order valence-corrected chi connectivity index (χ0v) is 17.9. The van der Waals surface area contributed by atoms with Gasteiger partial charge in [-0.2, -0.15) is 0 Å². The maximum absolute atomic E-state index is 12.6. The SMILES string of the molecule is COc1ccc(-c2c(C)c3cc(OCc4ccc(Cl)c(Cl)c4)ccc3oc2=O)cc1. The molecule has 0 saturated carbocycles. The lowest BCUT2D eigenvalue weighted by molar-refractivity contribution is 0.306. The molecule has 0 fully saturated rings. The summed E-state index contributed by atoms with van der Waals surface area (Å²) in [5, 5.41) is 1.80. The molecule has 152 valence electrons. The van der Waals surface area contributed by atoms with Crippen LogP contribution < -0.4 is 15.1 Å². The minimum atomic E-state index is -0.380. The zero-order chi connectivity index (χ0) is 21.3. The molecule has 1 aromatic heterocycles. The van der Waals surface area contributed by atoms with E-state index in [9.17, 15) is 4.79 Å². The number of benzene rings is 3. The monoisotopic (exact) mass is 440 g/mol. The van der Waals surface area contributed by atoms with E-state index >= 15 is 0 Å². The van der Waals surface area contributed by atoms with Crippen molar-refractivity contribution < 1.29 is 13.9 Å². The fourth-order valence-electron chi connectivity index (χ4n) is 3.31. The fraction of sp³-hybridized carbons (Fsp3) is 0.125. The highest BCUT2D eigenvalue weighted by atomic mass is 35.5. The highest BCUT2D eigenvalue weighted by Crippen LogP contribution is 2.30. The first kappa shape index (κ1) is 20.3. The van der Waals surface area contributed by atoms with E-state index in [0.717, 1.165) is 27.8 Å². The van der Waals surface area contributed by atoms with Crippen molar-refractivity contribution in [3.05, 3.63) is 92.3 Å². The van der Waals surface area contributed by atoms with E-state index in [4.69, 9.17) is 37.1 Å². The Hall–Kier alpha value is -2.95. The van der Waals surface area contributed by atoms with Gasteiger partial charge in [-0.1, -0.05) is 41.4 Å². The van der Waals surface area contributed by atoms with Gasteiger partial charge in [0.2, 0.25) is 0 Å². The summed E-state index contributed by atoms with van der Waals surface area (Å²) in [5.41, 5.74) is 3.15. The first-order chi connectivity index (χ1) is 14.5. The molecule has 0 radical (unpaired) electrons. The molecule has 4 rings (SSSR count). The summed E-state index contributed by atoms with van der Waals surface area (Å²) in [6.45, 7) is 2.24. The second-order valence-electron chi connectivity index (χ2n) is 6.81. The first-order valence-electron chi connectivity index (χ1n) is 9.25. The predicted octanol–water partition coefficient (Wildman–Crippen LogP) is 6.66. The van der Waals surface area contributed by atoms with Crippen molar-refractivity contribution in [3.63, 3.8) is 0 Å². The Balaban J connectivity index is 1.68. The van der Waals surface area contributed by atoms with Crippen molar-refractivity contribution in [2.24, 2.45) is 0 Å². The van der Waals surface area contributed by atoms with E-state index in [2.05, 4.69) is 0 Å². The van der Waals surface area contributed by atoms with Crippen LogP contribution in [0.25, 0.3) is 22.1 Å². The molecule has 1 heterocycles. The molecule has 0 unspecified atom stereocenters. The Morgan fingerprint density at radius 3 is 2.33 bits per heavy atom. The highest BCUT2D eigenvalue weighted by molar-refractivity contribution is 6.42. The molecular weight excluding hydrogens is 423 g/mol. The van der Waals surface area contributed by atoms with Crippen molar-refractivity contribution in [2.75, 3.05) is 7.11 Å². The lowest BCUT2D eigenvalue weighted by Gasteiger charge is -2.11. The van der Waals surface area contributed by atoms with Gasteiger partial charge in [0.1, 0.15) is 23.7 Å². The third kappa shape index (κ3) is 4.02. The van der Waals surface area contributed by atoms with Crippen LogP contribution in [-0.4, -0.2) is 7.11 Å². The van der Waals surface area contributed by atoms with E-state index in [1.807, 2.05) is 43.3 Å². The normalized spacial score (nSPS) is 10.9. The van der Waals surface area contributed by atoms with Crippen LogP contribution in [0.4, 0.5) is 0 Å².